The van der Waals surface area contributed by atoms with Gasteiger partial charge in [0.25, 0.3) is 0 Å². The fraction of sp³-hybridized carbons (Fsp3) is 0.600. The highest BCUT2D eigenvalue weighted by Gasteiger charge is 2.19. The molecule has 1 aromatic heterocycles. The number of rotatable bonds is 6. The van der Waals surface area contributed by atoms with E-state index in [1.807, 2.05) is 37.3 Å². The van der Waals surface area contributed by atoms with Crippen LogP contribution in [0, 0.1) is 0 Å². The highest BCUT2D eigenvalue weighted by molar-refractivity contribution is 5.87. The molecule has 110 valence electrons. The first-order valence-corrected chi connectivity index (χ1v) is 7.28. The Labute approximate surface area is 120 Å². The zero-order valence-electron chi connectivity index (χ0n) is 12.4. The highest BCUT2D eigenvalue weighted by atomic mass is 16.1. The van der Waals surface area contributed by atoms with Gasteiger partial charge in [0.15, 0.2) is 0 Å². The number of nitrogens with zero attached hydrogens (tertiary/aromatic N) is 3. The Hall–Kier alpha value is -1.62. The van der Waals surface area contributed by atoms with Crippen molar-refractivity contribution in [2.24, 2.45) is 0 Å². The number of nitrogens with one attached hydrogen (secondary N) is 1. The SMILES string of the molecule is CN(C)C/C=C/C(=O)NCc1ccnn1C1CCCC1. The lowest BCUT2D eigenvalue weighted by atomic mass is 10.2. The van der Waals surface area contributed by atoms with Gasteiger partial charge in [-0.3, -0.25) is 9.48 Å². The molecule has 1 fully saturated rings. The quantitative estimate of drug-likeness (QED) is 0.805. The molecule has 1 saturated carbocycles. The molecular weight excluding hydrogens is 252 g/mol. The summed E-state index contributed by atoms with van der Waals surface area (Å²) in [6.45, 7) is 1.31. The van der Waals surface area contributed by atoms with Gasteiger partial charge in [-0.1, -0.05) is 18.9 Å². The Morgan fingerprint density at radius 2 is 2.25 bits per heavy atom. The van der Waals surface area contributed by atoms with E-state index in [0.29, 0.717) is 12.6 Å². The number of hydrogen-bond acceptors (Lipinski definition) is 3. The van der Waals surface area contributed by atoms with E-state index in [0.717, 1.165) is 12.2 Å². The number of aromatic nitrogens is 2. The van der Waals surface area contributed by atoms with Crippen molar-refractivity contribution in [1.82, 2.24) is 20.0 Å². The van der Waals surface area contributed by atoms with Crippen LogP contribution in [-0.2, 0) is 11.3 Å². The molecule has 1 aromatic rings. The van der Waals surface area contributed by atoms with Crippen LogP contribution in [0.1, 0.15) is 37.4 Å². The van der Waals surface area contributed by atoms with Crippen LogP contribution in [0.15, 0.2) is 24.4 Å². The molecule has 0 atom stereocenters. The Morgan fingerprint density at radius 1 is 1.50 bits per heavy atom. The second-order valence-corrected chi connectivity index (χ2v) is 5.59. The van der Waals surface area contributed by atoms with E-state index < -0.39 is 0 Å². The van der Waals surface area contributed by atoms with Crippen LogP contribution in [0.3, 0.4) is 0 Å². The zero-order valence-corrected chi connectivity index (χ0v) is 12.4. The summed E-state index contributed by atoms with van der Waals surface area (Å²) in [6.07, 6.45) is 10.2. The molecule has 1 aliphatic carbocycles. The number of hydrogen-bond donors (Lipinski definition) is 1. The lowest BCUT2D eigenvalue weighted by molar-refractivity contribution is -0.116. The summed E-state index contributed by atoms with van der Waals surface area (Å²) in [7, 11) is 3.95. The van der Waals surface area contributed by atoms with Crippen molar-refractivity contribution in [2.75, 3.05) is 20.6 Å². The van der Waals surface area contributed by atoms with Gasteiger partial charge in [-0.2, -0.15) is 5.10 Å². The molecule has 1 aliphatic rings. The molecule has 0 bridgehead atoms. The summed E-state index contributed by atoms with van der Waals surface area (Å²) in [5.41, 5.74) is 1.09. The number of carbonyl (C=O) groups is 1. The molecule has 0 saturated heterocycles. The van der Waals surface area contributed by atoms with Crippen molar-refractivity contribution < 1.29 is 4.79 Å². The van der Waals surface area contributed by atoms with E-state index >= 15 is 0 Å². The van der Waals surface area contributed by atoms with Crippen LogP contribution in [0.5, 0.6) is 0 Å². The maximum atomic E-state index is 11.7. The summed E-state index contributed by atoms with van der Waals surface area (Å²) < 4.78 is 2.08. The van der Waals surface area contributed by atoms with Crippen LogP contribution in [0.4, 0.5) is 0 Å². The predicted molar refractivity (Wildman–Crippen MR) is 79.3 cm³/mol. The normalized spacial score (nSPS) is 16.4. The van der Waals surface area contributed by atoms with E-state index in [-0.39, 0.29) is 5.91 Å². The maximum absolute atomic E-state index is 11.7. The summed E-state index contributed by atoms with van der Waals surface area (Å²) >= 11 is 0. The number of likely N-dealkylation sites (N-methyl/N-ethyl adjacent to an activating group) is 1. The van der Waals surface area contributed by atoms with Crippen molar-refractivity contribution in [2.45, 2.75) is 38.3 Å². The van der Waals surface area contributed by atoms with Crippen molar-refractivity contribution >= 4 is 5.91 Å². The van der Waals surface area contributed by atoms with Gasteiger partial charge in [0.2, 0.25) is 5.91 Å². The average molecular weight is 276 g/mol. The Kier molecular flexibility index (Phi) is 5.35. The highest BCUT2D eigenvalue weighted by Crippen LogP contribution is 2.29. The molecule has 0 radical (unpaired) electrons. The van der Waals surface area contributed by atoms with Gasteiger partial charge in [0.1, 0.15) is 0 Å². The first kappa shape index (κ1) is 14.8. The molecule has 2 rings (SSSR count). The first-order chi connectivity index (χ1) is 9.66. The molecule has 0 aliphatic heterocycles. The largest absolute Gasteiger partial charge is 0.347 e. The smallest absolute Gasteiger partial charge is 0.244 e. The lowest BCUT2D eigenvalue weighted by Crippen LogP contribution is -2.23. The molecule has 1 amide bonds. The van der Waals surface area contributed by atoms with E-state index in [4.69, 9.17) is 0 Å². The topological polar surface area (TPSA) is 50.2 Å². The molecule has 5 nitrogen and oxygen atoms in total. The van der Waals surface area contributed by atoms with Gasteiger partial charge >= 0.3 is 0 Å². The van der Waals surface area contributed by atoms with Crippen LogP contribution in [0.2, 0.25) is 0 Å². The van der Waals surface area contributed by atoms with Crippen LogP contribution < -0.4 is 5.32 Å². The van der Waals surface area contributed by atoms with Crippen LogP contribution in [0.25, 0.3) is 0 Å². The van der Waals surface area contributed by atoms with Crippen LogP contribution in [-0.4, -0.2) is 41.2 Å². The predicted octanol–water partition coefficient (Wildman–Crippen LogP) is 1.73. The second-order valence-electron chi connectivity index (χ2n) is 5.59. The third kappa shape index (κ3) is 4.20. The Morgan fingerprint density at radius 3 is 2.95 bits per heavy atom. The Bertz CT molecular complexity index is 458. The van der Waals surface area contributed by atoms with Gasteiger partial charge in [0.05, 0.1) is 18.3 Å². The fourth-order valence-electron chi connectivity index (χ4n) is 2.57. The van der Waals surface area contributed by atoms with Crippen molar-refractivity contribution in [3.05, 3.63) is 30.1 Å². The van der Waals surface area contributed by atoms with Crippen molar-refractivity contribution in [3.63, 3.8) is 0 Å². The molecule has 0 spiro atoms. The standard InChI is InChI=1S/C15H24N4O/c1-18(2)11-5-8-15(20)16-12-14-9-10-17-19(14)13-6-3-4-7-13/h5,8-10,13H,3-4,6-7,11-12H2,1-2H3,(H,16,20)/b8-5+. The molecule has 5 heteroatoms. The molecule has 0 unspecified atom stereocenters. The minimum absolute atomic E-state index is 0.0500. The fourth-order valence-corrected chi connectivity index (χ4v) is 2.57. The summed E-state index contributed by atoms with van der Waals surface area (Å²) in [5.74, 6) is -0.0500. The third-order valence-corrected chi connectivity index (χ3v) is 3.61. The van der Waals surface area contributed by atoms with Gasteiger partial charge in [-0.05, 0) is 33.0 Å². The third-order valence-electron chi connectivity index (χ3n) is 3.61. The molecular formula is C15H24N4O. The maximum Gasteiger partial charge on any atom is 0.244 e. The van der Waals surface area contributed by atoms with Crippen LogP contribution >= 0.6 is 0 Å². The molecule has 20 heavy (non-hydrogen) atoms. The van der Waals surface area contributed by atoms with E-state index in [1.54, 1.807) is 6.08 Å². The van der Waals surface area contributed by atoms with E-state index in [1.165, 1.54) is 25.7 Å². The first-order valence-electron chi connectivity index (χ1n) is 7.28. The number of amides is 1. The summed E-state index contributed by atoms with van der Waals surface area (Å²) in [6, 6.07) is 2.50. The molecule has 1 heterocycles. The van der Waals surface area contributed by atoms with Gasteiger partial charge < -0.3 is 10.2 Å². The minimum atomic E-state index is -0.0500. The molecule has 1 N–H and O–H groups in total. The Balaban J connectivity index is 1.83. The van der Waals surface area contributed by atoms with Crippen molar-refractivity contribution in [3.8, 4) is 0 Å². The minimum Gasteiger partial charge on any atom is -0.347 e. The summed E-state index contributed by atoms with van der Waals surface area (Å²) in [5, 5.41) is 7.32. The van der Waals surface area contributed by atoms with Crippen molar-refractivity contribution in [1.29, 1.82) is 0 Å². The van der Waals surface area contributed by atoms with Gasteiger partial charge in [-0.25, -0.2) is 0 Å². The zero-order chi connectivity index (χ0) is 14.4. The summed E-state index contributed by atoms with van der Waals surface area (Å²) in [4.78, 5) is 13.7. The van der Waals surface area contributed by atoms with Gasteiger partial charge in [-0.15, -0.1) is 0 Å². The van der Waals surface area contributed by atoms with E-state index in [9.17, 15) is 4.79 Å². The monoisotopic (exact) mass is 276 g/mol. The lowest BCUT2D eigenvalue weighted by Gasteiger charge is -2.14. The molecule has 0 aromatic carbocycles. The van der Waals surface area contributed by atoms with E-state index in [2.05, 4.69) is 15.1 Å². The second kappa shape index (κ2) is 7.24. The van der Waals surface area contributed by atoms with Gasteiger partial charge in [0, 0.05) is 18.8 Å². The number of carbonyl (C=O) groups excluding carboxylic acids is 1. The average Bonchev–Trinajstić information content (AvgIpc) is 3.06.